The highest BCUT2D eigenvalue weighted by Gasteiger charge is 2.34. The zero-order valence-electron chi connectivity index (χ0n) is 11.5. The number of likely N-dealkylation sites (N-methyl/N-ethyl adjacent to an activating group) is 1. The topological polar surface area (TPSA) is 52.7 Å². The van der Waals surface area contributed by atoms with E-state index in [-0.39, 0.29) is 17.9 Å². The van der Waals surface area contributed by atoms with Crippen molar-refractivity contribution in [3.63, 3.8) is 0 Å². The van der Waals surface area contributed by atoms with Crippen molar-refractivity contribution < 1.29 is 9.59 Å². The normalized spacial score (nSPS) is 35.1. The van der Waals surface area contributed by atoms with Gasteiger partial charge in [-0.3, -0.25) is 14.5 Å². The molecule has 2 aliphatic rings. The van der Waals surface area contributed by atoms with E-state index in [1.54, 1.807) is 7.05 Å². The van der Waals surface area contributed by atoms with Crippen LogP contribution < -0.4 is 5.32 Å². The zero-order chi connectivity index (χ0) is 13.3. The van der Waals surface area contributed by atoms with Gasteiger partial charge in [-0.25, -0.2) is 0 Å². The first kappa shape index (κ1) is 13.5. The van der Waals surface area contributed by atoms with Crippen LogP contribution in [-0.4, -0.2) is 60.4 Å². The molecule has 3 unspecified atom stereocenters. The molecule has 2 heterocycles. The molecule has 2 saturated heterocycles. The number of imide groups is 1. The monoisotopic (exact) mass is 253 g/mol. The molecule has 0 spiro atoms. The number of hydrogen-bond acceptors (Lipinski definition) is 4. The van der Waals surface area contributed by atoms with Crippen molar-refractivity contribution in [2.45, 2.75) is 50.7 Å². The van der Waals surface area contributed by atoms with Crippen molar-refractivity contribution >= 4 is 11.8 Å². The van der Waals surface area contributed by atoms with E-state index in [4.69, 9.17) is 0 Å². The van der Waals surface area contributed by atoms with Crippen molar-refractivity contribution in [3.8, 4) is 0 Å². The van der Waals surface area contributed by atoms with Crippen LogP contribution in [0.25, 0.3) is 0 Å². The van der Waals surface area contributed by atoms with Crippen LogP contribution in [0, 0.1) is 0 Å². The molecule has 5 nitrogen and oxygen atoms in total. The highest BCUT2D eigenvalue weighted by atomic mass is 16.2. The van der Waals surface area contributed by atoms with Crippen molar-refractivity contribution in [3.05, 3.63) is 0 Å². The maximum absolute atomic E-state index is 12.0. The van der Waals surface area contributed by atoms with E-state index in [0.29, 0.717) is 24.9 Å². The lowest BCUT2D eigenvalue weighted by Crippen LogP contribution is -2.56. The molecule has 0 radical (unpaired) electrons. The first-order valence-electron chi connectivity index (χ1n) is 6.75. The molecule has 3 atom stereocenters. The summed E-state index contributed by atoms with van der Waals surface area (Å²) in [5.74, 6) is -0.132. The summed E-state index contributed by atoms with van der Waals surface area (Å²) in [5.41, 5.74) is 0. The molecular weight excluding hydrogens is 230 g/mol. The maximum atomic E-state index is 12.0. The van der Waals surface area contributed by atoms with Gasteiger partial charge in [0.25, 0.3) is 0 Å². The van der Waals surface area contributed by atoms with Gasteiger partial charge in [-0.1, -0.05) is 0 Å². The highest BCUT2D eigenvalue weighted by Crippen LogP contribution is 2.18. The number of carbonyl (C=O) groups is 2. The Labute approximate surface area is 108 Å². The molecule has 2 fully saturated rings. The molecule has 0 aliphatic carbocycles. The quantitative estimate of drug-likeness (QED) is 0.715. The number of piperidine rings is 2. The largest absolute Gasteiger partial charge is 0.304 e. The van der Waals surface area contributed by atoms with Gasteiger partial charge in [-0.15, -0.1) is 0 Å². The molecule has 2 aliphatic heterocycles. The van der Waals surface area contributed by atoms with Crippen molar-refractivity contribution in [1.82, 2.24) is 15.1 Å². The smallest absolute Gasteiger partial charge is 0.246 e. The van der Waals surface area contributed by atoms with Crippen molar-refractivity contribution in [2.24, 2.45) is 0 Å². The average Bonchev–Trinajstić information content (AvgIpc) is 2.34. The minimum Gasteiger partial charge on any atom is -0.304 e. The number of amides is 2. The van der Waals surface area contributed by atoms with E-state index in [9.17, 15) is 9.59 Å². The molecule has 2 amide bonds. The Kier molecular flexibility index (Phi) is 4.02. The third-order valence-electron chi connectivity index (χ3n) is 4.29. The second kappa shape index (κ2) is 5.36. The van der Waals surface area contributed by atoms with E-state index < -0.39 is 0 Å². The van der Waals surface area contributed by atoms with Gasteiger partial charge in [0.1, 0.15) is 0 Å². The lowest BCUT2D eigenvalue weighted by molar-refractivity contribution is -0.148. The Balaban J connectivity index is 1.90. The molecule has 102 valence electrons. The second-order valence-corrected chi connectivity index (χ2v) is 5.60. The fraction of sp³-hybridized carbons (Fsp3) is 0.846. The van der Waals surface area contributed by atoms with Crippen LogP contribution in [0.4, 0.5) is 0 Å². The summed E-state index contributed by atoms with van der Waals surface area (Å²) in [6.07, 6.45) is 3.25. The molecule has 18 heavy (non-hydrogen) atoms. The van der Waals surface area contributed by atoms with Gasteiger partial charge in [0.05, 0.1) is 6.04 Å². The summed E-state index contributed by atoms with van der Waals surface area (Å²) < 4.78 is 0. The minimum atomic E-state index is -0.173. The van der Waals surface area contributed by atoms with Crippen LogP contribution in [0.3, 0.4) is 0 Å². The van der Waals surface area contributed by atoms with Crippen LogP contribution in [0.2, 0.25) is 0 Å². The number of carbonyl (C=O) groups excluding carboxylic acids is 2. The SMILES string of the molecule is CC1CC(NC2CCC(=O)N(C)C2=O)CCN1C. The van der Waals surface area contributed by atoms with Gasteiger partial charge in [-0.2, -0.15) is 0 Å². The van der Waals surface area contributed by atoms with Crippen LogP contribution in [0.5, 0.6) is 0 Å². The first-order valence-corrected chi connectivity index (χ1v) is 6.75. The Hall–Kier alpha value is -0.940. The Morgan fingerprint density at radius 2 is 1.94 bits per heavy atom. The van der Waals surface area contributed by atoms with Gasteiger partial charge < -0.3 is 10.2 Å². The maximum Gasteiger partial charge on any atom is 0.246 e. The summed E-state index contributed by atoms with van der Waals surface area (Å²) >= 11 is 0. The van der Waals surface area contributed by atoms with E-state index in [2.05, 4.69) is 24.2 Å². The standard InChI is InChI=1S/C13H23N3O2/c1-9-8-10(6-7-15(9)2)14-11-4-5-12(17)16(3)13(11)18/h9-11,14H,4-8H2,1-3H3. The average molecular weight is 253 g/mol. The molecule has 0 aromatic rings. The first-order chi connectivity index (χ1) is 8.49. The molecule has 0 aromatic carbocycles. The lowest BCUT2D eigenvalue weighted by atomic mass is 9.96. The van der Waals surface area contributed by atoms with Gasteiger partial charge in [0.2, 0.25) is 11.8 Å². The van der Waals surface area contributed by atoms with Crippen LogP contribution >= 0.6 is 0 Å². The van der Waals surface area contributed by atoms with E-state index in [1.807, 2.05) is 0 Å². The van der Waals surface area contributed by atoms with Gasteiger partial charge in [0, 0.05) is 25.6 Å². The fourth-order valence-electron chi connectivity index (χ4n) is 2.80. The van der Waals surface area contributed by atoms with Gasteiger partial charge in [-0.05, 0) is 39.8 Å². The molecule has 0 aromatic heterocycles. The predicted molar refractivity (Wildman–Crippen MR) is 69.0 cm³/mol. The molecule has 1 N–H and O–H groups in total. The predicted octanol–water partition coefficient (Wildman–Crippen LogP) is 0.206. The van der Waals surface area contributed by atoms with Crippen LogP contribution in [-0.2, 0) is 9.59 Å². The molecule has 2 rings (SSSR count). The summed E-state index contributed by atoms with van der Waals surface area (Å²) in [7, 11) is 3.72. The molecule has 0 saturated carbocycles. The van der Waals surface area contributed by atoms with Crippen LogP contribution in [0.1, 0.15) is 32.6 Å². The number of nitrogens with one attached hydrogen (secondary N) is 1. The Morgan fingerprint density at radius 1 is 1.22 bits per heavy atom. The van der Waals surface area contributed by atoms with Crippen molar-refractivity contribution in [2.75, 3.05) is 20.6 Å². The Bertz CT molecular complexity index is 345. The van der Waals surface area contributed by atoms with E-state index >= 15 is 0 Å². The third-order valence-corrected chi connectivity index (χ3v) is 4.29. The summed E-state index contributed by atoms with van der Waals surface area (Å²) in [5, 5.41) is 3.44. The minimum absolute atomic E-state index is 0.0604. The second-order valence-electron chi connectivity index (χ2n) is 5.60. The highest BCUT2D eigenvalue weighted by molar-refractivity contribution is 6.00. The van der Waals surface area contributed by atoms with Gasteiger partial charge in [0.15, 0.2) is 0 Å². The Morgan fingerprint density at radius 3 is 2.61 bits per heavy atom. The fourth-order valence-corrected chi connectivity index (χ4v) is 2.80. The van der Waals surface area contributed by atoms with Crippen molar-refractivity contribution in [1.29, 1.82) is 0 Å². The molecule has 0 bridgehead atoms. The number of rotatable bonds is 2. The third kappa shape index (κ3) is 2.72. The van der Waals surface area contributed by atoms with Gasteiger partial charge >= 0.3 is 0 Å². The van der Waals surface area contributed by atoms with Crippen LogP contribution in [0.15, 0.2) is 0 Å². The summed E-state index contributed by atoms with van der Waals surface area (Å²) in [6.45, 7) is 3.28. The van der Waals surface area contributed by atoms with E-state index in [0.717, 1.165) is 19.4 Å². The summed E-state index contributed by atoms with van der Waals surface area (Å²) in [4.78, 5) is 27.0. The summed E-state index contributed by atoms with van der Waals surface area (Å²) in [6, 6.07) is 0.773. The van der Waals surface area contributed by atoms with E-state index in [1.165, 1.54) is 4.90 Å². The lowest BCUT2D eigenvalue weighted by Gasteiger charge is -2.38. The number of nitrogens with zero attached hydrogens (tertiary/aromatic N) is 2. The zero-order valence-corrected chi connectivity index (χ0v) is 11.5. The number of likely N-dealkylation sites (tertiary alicyclic amines) is 2. The number of hydrogen-bond donors (Lipinski definition) is 1. The molecule has 5 heteroatoms. The molecular formula is C13H23N3O2.